The molecule has 0 N–H and O–H groups in total. The molecule has 0 aliphatic heterocycles. The van der Waals surface area contributed by atoms with Gasteiger partial charge in [0.2, 0.25) is 0 Å². The first-order valence-electron chi connectivity index (χ1n) is 8.59. The van der Waals surface area contributed by atoms with Gasteiger partial charge < -0.3 is 9.47 Å². The molecule has 0 heterocycles. The quantitative estimate of drug-likeness (QED) is 0.593. The average Bonchev–Trinajstić information content (AvgIpc) is 2.70. The lowest BCUT2D eigenvalue weighted by Gasteiger charge is -2.38. The third-order valence-corrected chi connectivity index (χ3v) is 4.64. The number of ether oxygens (including phenoxy) is 2. The molecule has 0 radical (unpaired) electrons. The van der Waals surface area contributed by atoms with Crippen molar-refractivity contribution in [2.24, 2.45) is 0 Å². The van der Waals surface area contributed by atoms with Gasteiger partial charge >= 0.3 is 0 Å². The van der Waals surface area contributed by atoms with Crippen LogP contribution in [0.15, 0.2) is 91.0 Å². The number of benzene rings is 3. The fraction of sp³-hybridized carbons (Fsp3) is 0.217. The van der Waals surface area contributed by atoms with E-state index in [1.165, 1.54) is 0 Å². The Bertz CT molecular complexity index is 714. The summed E-state index contributed by atoms with van der Waals surface area (Å²) in [6.07, 6.45) is -0.164. The molecule has 2 nitrogen and oxygen atoms in total. The van der Waals surface area contributed by atoms with Crippen molar-refractivity contribution in [1.29, 1.82) is 0 Å². The number of hydrogen-bond donors (Lipinski definition) is 0. The summed E-state index contributed by atoms with van der Waals surface area (Å²) in [5, 5.41) is 0. The molecule has 0 fully saturated rings. The standard InChI is InChI=1S/C23H24O2/c1-19(25-18-20-12-6-3-7-13-20)23(24-2,21-14-8-4-9-15-21)22-16-10-5-11-17-22/h3-17,19H,18H2,1-2H3. The van der Waals surface area contributed by atoms with Crippen LogP contribution in [0.1, 0.15) is 23.6 Å². The van der Waals surface area contributed by atoms with E-state index >= 15 is 0 Å². The van der Waals surface area contributed by atoms with Gasteiger partial charge in [0.15, 0.2) is 0 Å². The van der Waals surface area contributed by atoms with E-state index < -0.39 is 5.60 Å². The van der Waals surface area contributed by atoms with Crippen molar-refractivity contribution >= 4 is 0 Å². The zero-order chi connectivity index (χ0) is 17.5. The highest BCUT2D eigenvalue weighted by Crippen LogP contribution is 2.38. The van der Waals surface area contributed by atoms with Gasteiger partial charge in [-0.25, -0.2) is 0 Å². The first-order chi connectivity index (χ1) is 12.3. The second kappa shape index (κ2) is 8.11. The zero-order valence-electron chi connectivity index (χ0n) is 14.8. The molecule has 0 saturated heterocycles. The smallest absolute Gasteiger partial charge is 0.143 e. The van der Waals surface area contributed by atoms with Crippen molar-refractivity contribution in [2.75, 3.05) is 7.11 Å². The Morgan fingerprint density at radius 3 is 1.60 bits per heavy atom. The summed E-state index contributed by atoms with van der Waals surface area (Å²) in [5.41, 5.74) is 2.67. The maximum Gasteiger partial charge on any atom is 0.143 e. The summed E-state index contributed by atoms with van der Waals surface area (Å²) in [6, 6.07) is 30.8. The molecule has 0 spiro atoms. The molecule has 1 unspecified atom stereocenters. The largest absolute Gasteiger partial charge is 0.370 e. The van der Waals surface area contributed by atoms with Gasteiger partial charge in [0.25, 0.3) is 0 Å². The minimum Gasteiger partial charge on any atom is -0.370 e. The van der Waals surface area contributed by atoms with Gasteiger partial charge in [-0.05, 0) is 23.6 Å². The zero-order valence-corrected chi connectivity index (χ0v) is 14.8. The SMILES string of the molecule is COC(c1ccccc1)(c1ccccc1)C(C)OCc1ccccc1. The van der Waals surface area contributed by atoms with Crippen LogP contribution < -0.4 is 0 Å². The Balaban J connectivity index is 1.96. The lowest BCUT2D eigenvalue weighted by Crippen LogP contribution is -2.42. The van der Waals surface area contributed by atoms with E-state index in [9.17, 15) is 0 Å². The van der Waals surface area contributed by atoms with Crippen molar-refractivity contribution in [1.82, 2.24) is 0 Å². The van der Waals surface area contributed by atoms with Gasteiger partial charge in [-0.15, -0.1) is 0 Å². The molecule has 0 saturated carbocycles. The van der Waals surface area contributed by atoms with Crippen molar-refractivity contribution < 1.29 is 9.47 Å². The van der Waals surface area contributed by atoms with E-state index in [0.29, 0.717) is 6.61 Å². The molecule has 0 aromatic heterocycles. The number of hydrogen-bond acceptors (Lipinski definition) is 2. The van der Waals surface area contributed by atoms with Gasteiger partial charge in [0.1, 0.15) is 5.60 Å². The molecule has 2 heteroatoms. The Labute approximate surface area is 150 Å². The van der Waals surface area contributed by atoms with Crippen molar-refractivity contribution in [3.8, 4) is 0 Å². The molecule has 3 rings (SSSR count). The molecule has 1 atom stereocenters. The predicted molar refractivity (Wildman–Crippen MR) is 101 cm³/mol. The third-order valence-electron chi connectivity index (χ3n) is 4.64. The van der Waals surface area contributed by atoms with Crippen molar-refractivity contribution in [3.63, 3.8) is 0 Å². The molecule has 3 aromatic carbocycles. The van der Waals surface area contributed by atoms with Crippen LogP contribution in [0.25, 0.3) is 0 Å². The Morgan fingerprint density at radius 2 is 1.16 bits per heavy atom. The summed E-state index contributed by atoms with van der Waals surface area (Å²) < 4.78 is 12.4. The third kappa shape index (κ3) is 3.65. The molecule has 3 aromatic rings. The van der Waals surface area contributed by atoms with Gasteiger partial charge in [-0.3, -0.25) is 0 Å². The predicted octanol–water partition coefficient (Wildman–Crippen LogP) is 5.18. The van der Waals surface area contributed by atoms with Gasteiger partial charge in [-0.2, -0.15) is 0 Å². The topological polar surface area (TPSA) is 18.5 Å². The Morgan fingerprint density at radius 1 is 0.720 bits per heavy atom. The highest BCUT2D eigenvalue weighted by Gasteiger charge is 2.40. The molecular weight excluding hydrogens is 308 g/mol. The monoisotopic (exact) mass is 332 g/mol. The van der Waals surface area contributed by atoms with Crippen LogP contribution in [0.2, 0.25) is 0 Å². The van der Waals surface area contributed by atoms with Crippen LogP contribution in [-0.2, 0) is 21.7 Å². The van der Waals surface area contributed by atoms with E-state index in [0.717, 1.165) is 16.7 Å². The maximum atomic E-state index is 6.27. The van der Waals surface area contributed by atoms with E-state index in [-0.39, 0.29) is 6.10 Å². The number of rotatable bonds is 7. The van der Waals surface area contributed by atoms with E-state index in [4.69, 9.17) is 9.47 Å². The maximum absolute atomic E-state index is 6.27. The molecule has 0 aliphatic rings. The molecule has 0 amide bonds. The van der Waals surface area contributed by atoms with Crippen molar-refractivity contribution in [3.05, 3.63) is 108 Å². The molecule has 25 heavy (non-hydrogen) atoms. The molecule has 128 valence electrons. The van der Waals surface area contributed by atoms with Crippen molar-refractivity contribution in [2.45, 2.75) is 25.2 Å². The fourth-order valence-electron chi connectivity index (χ4n) is 3.32. The summed E-state index contributed by atoms with van der Waals surface area (Å²) in [6.45, 7) is 2.62. The molecular formula is C23H24O2. The highest BCUT2D eigenvalue weighted by molar-refractivity contribution is 5.38. The average molecular weight is 332 g/mol. The number of methoxy groups -OCH3 is 1. The minimum absolute atomic E-state index is 0.164. The highest BCUT2D eigenvalue weighted by atomic mass is 16.5. The van der Waals surface area contributed by atoms with Crippen LogP contribution in [0, 0.1) is 0 Å². The van der Waals surface area contributed by atoms with Gasteiger partial charge in [0, 0.05) is 7.11 Å². The van der Waals surface area contributed by atoms with Crippen LogP contribution in [0.4, 0.5) is 0 Å². The normalized spacial score (nSPS) is 12.7. The minimum atomic E-state index is -0.655. The van der Waals surface area contributed by atoms with Crippen LogP contribution in [0.3, 0.4) is 0 Å². The van der Waals surface area contributed by atoms with E-state index in [2.05, 4.69) is 43.3 Å². The first-order valence-corrected chi connectivity index (χ1v) is 8.59. The van der Waals surface area contributed by atoms with Gasteiger partial charge in [0.05, 0.1) is 12.7 Å². The first kappa shape index (κ1) is 17.4. The Kier molecular flexibility index (Phi) is 5.64. The van der Waals surface area contributed by atoms with Crippen LogP contribution in [-0.4, -0.2) is 13.2 Å². The lowest BCUT2D eigenvalue weighted by molar-refractivity contribution is -0.109. The summed E-state index contributed by atoms with van der Waals surface area (Å²) in [7, 11) is 1.75. The second-order valence-electron chi connectivity index (χ2n) is 6.11. The summed E-state index contributed by atoms with van der Waals surface area (Å²) >= 11 is 0. The molecule has 0 bridgehead atoms. The lowest BCUT2D eigenvalue weighted by atomic mass is 9.82. The van der Waals surface area contributed by atoms with E-state index in [1.54, 1.807) is 7.11 Å². The van der Waals surface area contributed by atoms with Crippen LogP contribution in [0.5, 0.6) is 0 Å². The fourth-order valence-corrected chi connectivity index (χ4v) is 3.32. The molecule has 0 aliphatic carbocycles. The van der Waals surface area contributed by atoms with Gasteiger partial charge in [-0.1, -0.05) is 91.0 Å². The van der Waals surface area contributed by atoms with Crippen LogP contribution >= 0.6 is 0 Å². The second-order valence-corrected chi connectivity index (χ2v) is 6.11. The summed E-state index contributed by atoms with van der Waals surface area (Å²) in [5.74, 6) is 0. The Hall–Kier alpha value is -2.42. The summed E-state index contributed by atoms with van der Waals surface area (Å²) in [4.78, 5) is 0. The van der Waals surface area contributed by atoms with E-state index in [1.807, 2.05) is 54.6 Å².